The van der Waals surface area contributed by atoms with E-state index in [4.69, 9.17) is 9.47 Å². The number of nitrogens with one attached hydrogen (secondary N) is 1. The number of allylic oxidation sites excluding steroid dienone is 1. The van der Waals surface area contributed by atoms with Gasteiger partial charge < -0.3 is 29.5 Å². The van der Waals surface area contributed by atoms with Crippen LogP contribution in [-0.2, 0) is 14.4 Å². The molecule has 1 fully saturated rings. The first-order valence-electron chi connectivity index (χ1n) is 15.8. The third-order valence-electron chi connectivity index (χ3n) is 9.24. The minimum atomic E-state index is -0.797. The summed E-state index contributed by atoms with van der Waals surface area (Å²) in [6.07, 6.45) is 0.195. The molecule has 2 atom stereocenters. The van der Waals surface area contributed by atoms with Crippen molar-refractivity contribution in [1.29, 1.82) is 0 Å². The smallest absolute Gasteiger partial charge is 0.267 e. The van der Waals surface area contributed by atoms with Gasteiger partial charge in [-0.2, -0.15) is 0 Å². The van der Waals surface area contributed by atoms with E-state index in [2.05, 4.69) is 19.2 Å². The molecule has 0 bridgehead atoms. The number of Topliss-reactive ketones (excluding diaryl/α,β-unsaturated/α-hetero) is 1. The standard InChI is InChI=1S/C36H37FN4O5/c1-36(2)19-26-33(28(42)20-36)34(23-9-3-4-10-24(23)37)41(27-12-6-5-11-25(27)38-26)21-32(43)39-15-17-40(18-16-39)35(44)31-22-45-29-13-7-8-14-30(29)46-31/h3-14,31,34,38H,15-22H2,1-2H3. The zero-order chi connectivity index (χ0) is 32.0. The van der Waals surface area contributed by atoms with Crippen molar-refractivity contribution < 1.29 is 28.2 Å². The number of ether oxygens (including phenoxy) is 2. The average molecular weight is 625 g/mol. The van der Waals surface area contributed by atoms with Gasteiger partial charge >= 0.3 is 0 Å². The van der Waals surface area contributed by atoms with Crippen molar-refractivity contribution in [3.63, 3.8) is 0 Å². The number of para-hydroxylation sites is 4. The van der Waals surface area contributed by atoms with E-state index in [1.165, 1.54) is 6.07 Å². The van der Waals surface area contributed by atoms with Crippen LogP contribution in [0.1, 0.15) is 38.3 Å². The summed E-state index contributed by atoms with van der Waals surface area (Å²) in [6, 6.07) is 20.6. The quantitative estimate of drug-likeness (QED) is 0.439. The number of rotatable bonds is 4. The predicted molar refractivity (Wildman–Crippen MR) is 171 cm³/mol. The van der Waals surface area contributed by atoms with Gasteiger partial charge in [-0.25, -0.2) is 4.39 Å². The summed E-state index contributed by atoms with van der Waals surface area (Å²) < 4.78 is 27.3. The van der Waals surface area contributed by atoms with E-state index < -0.39 is 18.0 Å². The Morgan fingerprint density at radius 2 is 1.57 bits per heavy atom. The van der Waals surface area contributed by atoms with Gasteiger partial charge in [0.1, 0.15) is 12.4 Å². The molecule has 1 saturated heterocycles. The van der Waals surface area contributed by atoms with Gasteiger partial charge in [-0.15, -0.1) is 0 Å². The number of halogens is 1. The first-order chi connectivity index (χ1) is 22.2. The van der Waals surface area contributed by atoms with Crippen molar-refractivity contribution in [2.75, 3.05) is 49.5 Å². The Morgan fingerprint density at radius 3 is 2.35 bits per heavy atom. The first-order valence-corrected chi connectivity index (χ1v) is 15.8. The Bertz CT molecular complexity index is 1730. The second kappa shape index (κ2) is 11.8. The van der Waals surface area contributed by atoms with Crippen molar-refractivity contribution in [3.05, 3.63) is 95.4 Å². The number of hydrogen-bond acceptors (Lipinski definition) is 7. The highest BCUT2D eigenvalue weighted by Crippen LogP contribution is 2.48. The van der Waals surface area contributed by atoms with E-state index >= 15 is 4.39 Å². The van der Waals surface area contributed by atoms with Gasteiger partial charge in [-0.1, -0.05) is 56.3 Å². The number of piperazine rings is 1. The van der Waals surface area contributed by atoms with Crippen molar-refractivity contribution in [3.8, 4) is 11.5 Å². The maximum absolute atomic E-state index is 15.6. The van der Waals surface area contributed by atoms with Crippen molar-refractivity contribution in [1.82, 2.24) is 9.80 Å². The molecule has 0 aromatic heterocycles. The maximum Gasteiger partial charge on any atom is 0.267 e. The van der Waals surface area contributed by atoms with Crippen LogP contribution >= 0.6 is 0 Å². The third kappa shape index (κ3) is 5.57. The van der Waals surface area contributed by atoms with Gasteiger partial charge in [-0.05, 0) is 42.2 Å². The number of nitrogens with zero attached hydrogens (tertiary/aromatic N) is 3. The number of hydrogen-bond donors (Lipinski definition) is 1. The van der Waals surface area contributed by atoms with Gasteiger partial charge in [0.2, 0.25) is 12.0 Å². The largest absolute Gasteiger partial charge is 0.485 e. The molecule has 1 aliphatic carbocycles. The third-order valence-corrected chi connectivity index (χ3v) is 9.24. The van der Waals surface area contributed by atoms with E-state index in [1.54, 1.807) is 40.1 Å². The van der Waals surface area contributed by atoms with E-state index in [-0.39, 0.29) is 36.2 Å². The molecule has 0 spiro atoms. The van der Waals surface area contributed by atoms with Crippen molar-refractivity contribution >= 4 is 29.0 Å². The average Bonchev–Trinajstić information content (AvgIpc) is 3.18. The zero-order valence-electron chi connectivity index (χ0n) is 26.0. The molecular formula is C36H37FN4O5. The van der Waals surface area contributed by atoms with Crippen LogP contribution < -0.4 is 19.7 Å². The fraction of sp³-hybridized carbons (Fsp3) is 0.361. The van der Waals surface area contributed by atoms with Crippen LogP contribution in [0.2, 0.25) is 0 Å². The molecule has 3 aromatic rings. The van der Waals surface area contributed by atoms with E-state index in [0.29, 0.717) is 67.3 Å². The summed E-state index contributed by atoms with van der Waals surface area (Å²) in [5, 5.41) is 3.51. The maximum atomic E-state index is 15.6. The van der Waals surface area contributed by atoms with Gasteiger partial charge in [0.05, 0.1) is 24.0 Å². The number of ketones is 1. The van der Waals surface area contributed by atoms with Crippen LogP contribution in [0.25, 0.3) is 0 Å². The lowest BCUT2D eigenvalue weighted by atomic mass is 9.73. The van der Waals surface area contributed by atoms with Crippen LogP contribution in [0.4, 0.5) is 15.8 Å². The highest BCUT2D eigenvalue weighted by atomic mass is 19.1. The Hall–Kier alpha value is -4.86. The molecule has 1 N–H and O–H groups in total. The van der Waals surface area contributed by atoms with E-state index in [1.807, 2.05) is 41.3 Å². The Kier molecular flexibility index (Phi) is 7.66. The monoisotopic (exact) mass is 624 g/mol. The molecule has 10 heteroatoms. The molecule has 0 radical (unpaired) electrons. The predicted octanol–water partition coefficient (Wildman–Crippen LogP) is 4.95. The second-order valence-corrected chi connectivity index (χ2v) is 13.1. The molecular weight excluding hydrogens is 587 g/mol. The number of fused-ring (bicyclic) bond motifs is 2. The Balaban J connectivity index is 1.14. The lowest BCUT2D eigenvalue weighted by Crippen LogP contribution is -2.56. The minimum absolute atomic E-state index is 0.0547. The molecule has 238 valence electrons. The summed E-state index contributed by atoms with van der Waals surface area (Å²) in [4.78, 5) is 46.5. The SMILES string of the molecule is CC1(C)CC(=O)C2=C(C1)Nc1ccccc1N(CC(=O)N1CCN(C(=O)C3COc4ccccc4O3)CC1)C2c1ccccc1F. The lowest BCUT2D eigenvalue weighted by Gasteiger charge is -2.40. The molecule has 2 amide bonds. The summed E-state index contributed by atoms with van der Waals surface area (Å²) in [6.45, 7) is 5.56. The normalized spacial score (nSPS) is 22.0. The second-order valence-electron chi connectivity index (χ2n) is 13.1. The molecule has 9 nitrogen and oxygen atoms in total. The molecule has 0 saturated carbocycles. The van der Waals surface area contributed by atoms with Crippen LogP contribution in [-0.4, -0.2) is 72.8 Å². The van der Waals surface area contributed by atoms with Gasteiger partial charge in [0, 0.05) is 49.4 Å². The van der Waals surface area contributed by atoms with E-state index in [0.717, 1.165) is 11.4 Å². The molecule has 46 heavy (non-hydrogen) atoms. The fourth-order valence-corrected chi connectivity index (χ4v) is 7.01. The van der Waals surface area contributed by atoms with Crippen LogP contribution in [0.3, 0.4) is 0 Å². The summed E-state index contributed by atoms with van der Waals surface area (Å²) >= 11 is 0. The molecule has 3 heterocycles. The topological polar surface area (TPSA) is 91.4 Å². The van der Waals surface area contributed by atoms with Crippen molar-refractivity contribution in [2.24, 2.45) is 5.41 Å². The summed E-state index contributed by atoms with van der Waals surface area (Å²) in [7, 11) is 0. The van der Waals surface area contributed by atoms with Crippen LogP contribution in [0.5, 0.6) is 11.5 Å². The van der Waals surface area contributed by atoms with Crippen LogP contribution in [0.15, 0.2) is 84.1 Å². The van der Waals surface area contributed by atoms with Gasteiger partial charge in [0.25, 0.3) is 5.91 Å². The Morgan fingerprint density at radius 1 is 0.891 bits per heavy atom. The van der Waals surface area contributed by atoms with Gasteiger partial charge in [-0.3, -0.25) is 14.4 Å². The highest BCUT2D eigenvalue weighted by Gasteiger charge is 2.43. The fourth-order valence-electron chi connectivity index (χ4n) is 7.01. The van der Waals surface area contributed by atoms with Crippen LogP contribution in [0, 0.1) is 11.2 Å². The van der Waals surface area contributed by atoms with E-state index in [9.17, 15) is 14.4 Å². The highest BCUT2D eigenvalue weighted by molar-refractivity contribution is 6.02. The minimum Gasteiger partial charge on any atom is -0.485 e. The molecule has 3 aliphatic heterocycles. The lowest BCUT2D eigenvalue weighted by molar-refractivity contribution is -0.145. The Labute approximate surface area is 267 Å². The zero-order valence-corrected chi connectivity index (χ0v) is 26.0. The number of anilines is 2. The molecule has 3 aromatic carbocycles. The number of amides is 2. The number of carbonyl (C=O) groups is 3. The first kappa shape index (κ1) is 29.8. The van der Waals surface area contributed by atoms with Crippen molar-refractivity contribution in [2.45, 2.75) is 38.8 Å². The molecule has 7 rings (SSSR count). The summed E-state index contributed by atoms with van der Waals surface area (Å²) in [5.74, 6) is 0.325. The number of carbonyl (C=O) groups excluding carboxylic acids is 3. The molecule has 4 aliphatic rings. The van der Waals surface area contributed by atoms with Gasteiger partial charge in [0.15, 0.2) is 17.3 Å². The molecule has 2 unspecified atom stereocenters. The summed E-state index contributed by atoms with van der Waals surface area (Å²) in [5.41, 5.74) is 2.82. The number of benzene rings is 3.